The van der Waals surface area contributed by atoms with Crippen molar-refractivity contribution >= 4 is 17.3 Å². The molecule has 1 unspecified atom stereocenters. The third-order valence-corrected chi connectivity index (χ3v) is 2.86. The summed E-state index contributed by atoms with van der Waals surface area (Å²) in [6, 6.07) is 1.78. The molecule has 12 heavy (non-hydrogen) atoms. The van der Waals surface area contributed by atoms with Crippen LogP contribution in [0.25, 0.3) is 0 Å². The van der Waals surface area contributed by atoms with Gasteiger partial charge >= 0.3 is 0 Å². The minimum absolute atomic E-state index is 0.102. The van der Waals surface area contributed by atoms with Gasteiger partial charge in [-0.05, 0) is 23.5 Å². The number of aromatic nitrogens is 1. The molecule has 0 spiro atoms. The first kappa shape index (κ1) is 9.39. The Kier molecular flexibility index (Phi) is 2.98. The highest BCUT2D eigenvalue weighted by Gasteiger charge is 2.19. The molecule has 1 atom stereocenters. The number of nitrogens with zero attached hydrogens (tertiary/aromatic N) is 1. The van der Waals surface area contributed by atoms with E-state index < -0.39 is 0 Å². The molecule has 0 saturated heterocycles. The molecule has 3 heteroatoms. The summed E-state index contributed by atoms with van der Waals surface area (Å²) in [4.78, 5) is 12.4. The van der Waals surface area contributed by atoms with E-state index in [2.05, 4.69) is 18.2 Å². The highest BCUT2D eigenvalue weighted by molar-refractivity contribution is 7.08. The maximum Gasteiger partial charge on any atom is 0.177 e. The summed E-state index contributed by atoms with van der Waals surface area (Å²) in [5, 5.41) is 0. The van der Waals surface area contributed by atoms with E-state index in [9.17, 15) is 4.79 Å². The maximum atomic E-state index is 11.6. The van der Waals surface area contributed by atoms with Gasteiger partial charge in [0.15, 0.2) is 5.78 Å². The van der Waals surface area contributed by atoms with Gasteiger partial charge in [-0.1, -0.05) is 20.8 Å². The second-order valence-electron chi connectivity index (χ2n) is 3.27. The molecule has 1 aromatic rings. The number of Topliss-reactive ketones (excluding diaryl/α,β-unsaturated/α-hetero) is 1. The Morgan fingerprint density at radius 3 is 2.58 bits per heavy atom. The highest BCUT2D eigenvalue weighted by atomic mass is 32.1. The SMILES string of the molecule is CC(C)C(C)C(=O)c1ccns1. The lowest BCUT2D eigenvalue weighted by Crippen LogP contribution is -2.15. The van der Waals surface area contributed by atoms with Crippen LogP contribution in [0.2, 0.25) is 0 Å². The van der Waals surface area contributed by atoms with Crippen molar-refractivity contribution in [1.82, 2.24) is 4.37 Å². The molecular formula is C9H13NOS. The standard InChI is InChI=1S/C9H13NOS/c1-6(2)7(3)9(11)8-4-5-10-12-8/h4-7H,1-3H3. The van der Waals surface area contributed by atoms with Crippen molar-refractivity contribution in [2.24, 2.45) is 11.8 Å². The summed E-state index contributed by atoms with van der Waals surface area (Å²) < 4.78 is 3.91. The molecule has 0 N–H and O–H groups in total. The van der Waals surface area contributed by atoms with Gasteiger partial charge in [-0.25, -0.2) is 4.37 Å². The van der Waals surface area contributed by atoms with E-state index in [-0.39, 0.29) is 11.7 Å². The fourth-order valence-electron chi connectivity index (χ4n) is 0.870. The van der Waals surface area contributed by atoms with Gasteiger partial charge in [0.2, 0.25) is 0 Å². The third-order valence-electron chi connectivity index (χ3n) is 2.09. The minimum atomic E-state index is 0.102. The quantitative estimate of drug-likeness (QED) is 0.674. The molecule has 0 amide bonds. The van der Waals surface area contributed by atoms with Gasteiger partial charge in [0, 0.05) is 12.1 Å². The van der Waals surface area contributed by atoms with Gasteiger partial charge in [-0.2, -0.15) is 0 Å². The van der Waals surface area contributed by atoms with Crippen LogP contribution in [0.3, 0.4) is 0 Å². The maximum absolute atomic E-state index is 11.6. The van der Waals surface area contributed by atoms with Crippen LogP contribution in [0.15, 0.2) is 12.3 Å². The predicted octanol–water partition coefficient (Wildman–Crippen LogP) is 2.62. The first-order valence-electron chi connectivity index (χ1n) is 4.08. The number of carbonyl (C=O) groups excluding carboxylic acids is 1. The second-order valence-corrected chi connectivity index (χ2v) is 4.11. The van der Waals surface area contributed by atoms with Gasteiger partial charge < -0.3 is 0 Å². The van der Waals surface area contributed by atoms with Gasteiger partial charge in [0.05, 0.1) is 4.88 Å². The molecular weight excluding hydrogens is 170 g/mol. The third kappa shape index (κ3) is 1.91. The lowest BCUT2D eigenvalue weighted by Gasteiger charge is -2.11. The Morgan fingerprint density at radius 1 is 1.50 bits per heavy atom. The summed E-state index contributed by atoms with van der Waals surface area (Å²) in [5.41, 5.74) is 0. The normalized spacial score (nSPS) is 13.3. The van der Waals surface area contributed by atoms with Crippen LogP contribution in [0.1, 0.15) is 30.4 Å². The molecule has 1 rings (SSSR count). The molecule has 0 aliphatic carbocycles. The van der Waals surface area contributed by atoms with Crippen molar-refractivity contribution in [1.29, 1.82) is 0 Å². The van der Waals surface area contributed by atoms with E-state index in [1.165, 1.54) is 11.5 Å². The smallest absolute Gasteiger partial charge is 0.177 e. The summed E-state index contributed by atoms with van der Waals surface area (Å²) in [6.45, 7) is 6.08. The summed E-state index contributed by atoms with van der Waals surface area (Å²) in [6.07, 6.45) is 1.67. The summed E-state index contributed by atoms with van der Waals surface area (Å²) in [7, 11) is 0. The number of carbonyl (C=O) groups is 1. The van der Waals surface area contributed by atoms with Crippen molar-refractivity contribution in [3.05, 3.63) is 17.1 Å². The number of hydrogen-bond acceptors (Lipinski definition) is 3. The van der Waals surface area contributed by atoms with E-state index >= 15 is 0 Å². The zero-order chi connectivity index (χ0) is 9.14. The molecule has 0 fully saturated rings. The van der Waals surface area contributed by atoms with Crippen molar-refractivity contribution in [3.8, 4) is 0 Å². The fraction of sp³-hybridized carbons (Fsp3) is 0.556. The Labute approximate surface area is 76.8 Å². The Hall–Kier alpha value is -0.700. The average molecular weight is 183 g/mol. The molecule has 0 saturated carbocycles. The molecule has 0 radical (unpaired) electrons. The monoisotopic (exact) mass is 183 g/mol. The zero-order valence-corrected chi connectivity index (χ0v) is 8.39. The first-order chi connectivity index (χ1) is 5.63. The molecule has 1 heterocycles. The number of rotatable bonds is 3. The summed E-state index contributed by atoms with van der Waals surface area (Å²) in [5.74, 6) is 0.720. The van der Waals surface area contributed by atoms with Crippen LogP contribution < -0.4 is 0 Å². The average Bonchev–Trinajstić information content (AvgIpc) is 2.53. The number of ketones is 1. The zero-order valence-electron chi connectivity index (χ0n) is 7.57. The van der Waals surface area contributed by atoms with Crippen molar-refractivity contribution in [3.63, 3.8) is 0 Å². The molecule has 66 valence electrons. The Morgan fingerprint density at radius 2 is 2.17 bits per heavy atom. The predicted molar refractivity (Wildman–Crippen MR) is 50.4 cm³/mol. The van der Waals surface area contributed by atoms with E-state index in [1.807, 2.05) is 6.92 Å². The molecule has 0 bridgehead atoms. The van der Waals surface area contributed by atoms with Gasteiger partial charge in [-0.15, -0.1) is 0 Å². The van der Waals surface area contributed by atoms with Crippen LogP contribution in [-0.2, 0) is 0 Å². The van der Waals surface area contributed by atoms with Crippen molar-refractivity contribution in [2.45, 2.75) is 20.8 Å². The van der Waals surface area contributed by atoms with Gasteiger partial charge in [0.25, 0.3) is 0 Å². The molecule has 0 aliphatic heterocycles. The fourth-order valence-corrected chi connectivity index (χ4v) is 1.50. The first-order valence-corrected chi connectivity index (χ1v) is 4.85. The Balaban J connectivity index is 2.72. The minimum Gasteiger partial charge on any atom is -0.293 e. The van der Waals surface area contributed by atoms with Crippen LogP contribution in [0, 0.1) is 11.8 Å². The topological polar surface area (TPSA) is 30.0 Å². The van der Waals surface area contributed by atoms with Crippen LogP contribution >= 0.6 is 11.5 Å². The Bertz CT molecular complexity index is 254. The van der Waals surface area contributed by atoms with Gasteiger partial charge in [-0.3, -0.25) is 4.79 Å². The van der Waals surface area contributed by atoms with E-state index in [4.69, 9.17) is 0 Å². The molecule has 0 aromatic carbocycles. The lowest BCUT2D eigenvalue weighted by atomic mass is 9.93. The summed E-state index contributed by atoms with van der Waals surface area (Å²) >= 11 is 1.28. The van der Waals surface area contributed by atoms with E-state index in [0.717, 1.165) is 4.88 Å². The number of hydrogen-bond donors (Lipinski definition) is 0. The van der Waals surface area contributed by atoms with E-state index in [1.54, 1.807) is 12.3 Å². The molecule has 2 nitrogen and oxygen atoms in total. The van der Waals surface area contributed by atoms with Crippen LogP contribution in [0.5, 0.6) is 0 Å². The lowest BCUT2D eigenvalue weighted by molar-refractivity contribution is 0.0904. The van der Waals surface area contributed by atoms with Crippen molar-refractivity contribution < 1.29 is 4.79 Å². The van der Waals surface area contributed by atoms with Gasteiger partial charge in [0.1, 0.15) is 0 Å². The second kappa shape index (κ2) is 3.81. The van der Waals surface area contributed by atoms with E-state index in [0.29, 0.717) is 5.92 Å². The van der Waals surface area contributed by atoms with Crippen molar-refractivity contribution in [2.75, 3.05) is 0 Å². The molecule has 1 aromatic heterocycles. The largest absolute Gasteiger partial charge is 0.293 e. The van der Waals surface area contributed by atoms with Crippen LogP contribution in [0.4, 0.5) is 0 Å². The highest BCUT2D eigenvalue weighted by Crippen LogP contribution is 2.18. The van der Waals surface area contributed by atoms with Crippen LogP contribution in [-0.4, -0.2) is 10.2 Å². The molecule has 0 aliphatic rings.